The van der Waals surface area contributed by atoms with Crippen LogP contribution < -0.4 is 79.3 Å². The molecule has 254 valence electrons. The van der Waals surface area contributed by atoms with Crippen molar-refractivity contribution in [1.82, 2.24) is 10.4 Å². The van der Waals surface area contributed by atoms with Gasteiger partial charge >= 0.3 is 34.1 Å². The average molecular weight is 933 g/mol. The smallest absolute Gasteiger partial charge is 1.00 e. The zero-order valence-electron chi connectivity index (χ0n) is 27.0. The summed E-state index contributed by atoms with van der Waals surface area (Å²) in [7, 11) is 9.05. The molecule has 2 unspecified atom stereocenters. The van der Waals surface area contributed by atoms with Crippen molar-refractivity contribution in [2.45, 2.75) is 154 Å². The first kappa shape index (κ1) is 55.2. The van der Waals surface area contributed by atoms with E-state index in [-0.39, 0.29) is 102 Å². The normalized spacial score (nSPS) is 18.8. The Morgan fingerprint density at radius 3 is 1.43 bits per heavy atom. The van der Waals surface area contributed by atoms with Crippen LogP contribution in [0.4, 0.5) is 0 Å². The minimum Gasteiger partial charge on any atom is -1.00 e. The molecule has 2 aliphatic carbocycles. The van der Waals surface area contributed by atoms with E-state index in [0.29, 0.717) is 11.1 Å². The van der Waals surface area contributed by atoms with Crippen LogP contribution in [0.5, 0.6) is 0 Å². The molecule has 0 saturated heterocycles. The first-order valence-electron chi connectivity index (χ1n) is 15.1. The summed E-state index contributed by atoms with van der Waals surface area (Å²) in [6.07, 6.45) is 24.9. The van der Waals surface area contributed by atoms with Crippen molar-refractivity contribution in [3.05, 3.63) is 0 Å². The molecular formula is C30H65Br4Cu2N4+. The molecule has 40 heavy (non-hydrogen) atoms. The van der Waals surface area contributed by atoms with Crippen LogP contribution in [0.25, 0.3) is 0 Å². The van der Waals surface area contributed by atoms with E-state index in [1.165, 1.54) is 116 Å². The largest absolute Gasteiger partial charge is 2.00 e. The van der Waals surface area contributed by atoms with Crippen molar-refractivity contribution in [3.8, 4) is 0 Å². The van der Waals surface area contributed by atoms with Gasteiger partial charge in [-0.3, -0.25) is 0 Å². The Kier molecular flexibility index (Phi) is 40.3. The summed E-state index contributed by atoms with van der Waals surface area (Å²) in [4.78, 5) is 2.52. The van der Waals surface area contributed by atoms with Gasteiger partial charge in [0, 0.05) is 24.8 Å². The maximum Gasteiger partial charge on any atom is 2.00 e. The first-order chi connectivity index (χ1) is 16.1. The van der Waals surface area contributed by atoms with Gasteiger partial charge in [0.05, 0.1) is 14.1 Å². The van der Waals surface area contributed by atoms with Crippen LogP contribution in [0.2, 0.25) is 0 Å². The van der Waals surface area contributed by atoms with Gasteiger partial charge in [-0.05, 0) is 58.0 Å². The van der Waals surface area contributed by atoms with Gasteiger partial charge in [-0.15, -0.1) is 5.53 Å². The summed E-state index contributed by atoms with van der Waals surface area (Å²) in [5.41, 5.74) is 3.93. The zero-order chi connectivity index (χ0) is 25.7. The molecule has 0 amide bonds. The van der Waals surface area contributed by atoms with Gasteiger partial charge in [0.15, 0.2) is 0 Å². The van der Waals surface area contributed by atoms with Gasteiger partial charge in [-0.25, -0.2) is 10.4 Å². The Labute approximate surface area is 314 Å². The fourth-order valence-electron chi connectivity index (χ4n) is 6.99. The number of hydrogen-bond donors (Lipinski definition) is 2. The molecule has 0 aromatic carbocycles. The molecule has 0 bridgehead atoms. The molecule has 2 saturated carbocycles. The Hall–Kier alpha value is 2.80. The SMILES string of the molecule is CCCCC(C)CC1([16N+](C)(C)NN)CCCCC1.CCCCC(C)CC1([16N](C)C)CCCCC1.[Br-].[Br-].[Br-].[Br-].[Cu+2].[Cu+2]. The summed E-state index contributed by atoms with van der Waals surface area (Å²) < 4.78 is 0.767. The van der Waals surface area contributed by atoms with E-state index < -0.39 is 0 Å². The van der Waals surface area contributed by atoms with Crippen LogP contribution in [0, 0.1) is 11.8 Å². The molecular weight excluding hydrogens is 867 g/mol. The molecule has 10 heteroatoms. The minimum absolute atomic E-state index is 0. The van der Waals surface area contributed by atoms with Crippen LogP contribution >= 0.6 is 0 Å². The van der Waals surface area contributed by atoms with Crippen LogP contribution in [0.3, 0.4) is 0 Å². The molecule has 2 rings (SSSR count). The van der Waals surface area contributed by atoms with Crippen molar-refractivity contribution < 1.29 is 107 Å². The fraction of sp³-hybridized carbons (Fsp3) is 1.00. The molecule has 0 heterocycles. The van der Waals surface area contributed by atoms with E-state index in [4.69, 9.17) is 5.84 Å². The second-order valence-corrected chi connectivity index (χ2v) is 13.0. The molecule has 2 fully saturated rings. The van der Waals surface area contributed by atoms with Crippen LogP contribution in [0.15, 0.2) is 0 Å². The van der Waals surface area contributed by atoms with Gasteiger partial charge in [0.25, 0.3) is 0 Å². The van der Waals surface area contributed by atoms with E-state index in [1.807, 2.05) is 0 Å². The molecule has 2 atom stereocenters. The van der Waals surface area contributed by atoms with Crippen molar-refractivity contribution in [3.63, 3.8) is 0 Å². The zero-order valence-corrected chi connectivity index (χ0v) is 35.2. The summed E-state index contributed by atoms with van der Waals surface area (Å²) in [6.45, 7) is 9.46. The Morgan fingerprint density at radius 2 is 1.07 bits per heavy atom. The number of hydrogen-bond acceptors (Lipinski definition) is 3. The number of hydrazine groups is 1. The molecule has 0 aromatic heterocycles. The standard InChI is InChI=1S/C15H34N3.C15H31N.4BrH.2Cu/c1-5-6-10-14(2)13-15(18(3,4)17-16)11-8-7-9-12-15;1-5-6-10-14(2)13-15(16(3)4)11-8-7-9-12-15;;;;;;/h14,17H,5-13,16H2,1-4H3;14H,5-13H2,1-4H3;4*1H;;/q+1;;;;;;2*+2/p-4/i18+2;16+2;;;;;;. The molecule has 0 aliphatic heterocycles. The Balaban J connectivity index is -0.000000126. The van der Waals surface area contributed by atoms with Gasteiger partial charge in [0.2, 0.25) is 0 Å². The predicted molar refractivity (Wildman–Crippen MR) is 151 cm³/mol. The van der Waals surface area contributed by atoms with Crippen LogP contribution in [0.1, 0.15) is 143 Å². The van der Waals surface area contributed by atoms with Gasteiger partial charge in [0.1, 0.15) is 5.54 Å². The third-order valence-electron chi connectivity index (χ3n) is 9.58. The second-order valence-electron chi connectivity index (χ2n) is 13.0. The fourth-order valence-corrected chi connectivity index (χ4v) is 6.99. The predicted octanol–water partition coefficient (Wildman–Crippen LogP) is -4.16. The number of quaternary nitrogens is 1. The van der Waals surface area contributed by atoms with E-state index in [9.17, 15) is 0 Å². The molecule has 2 aliphatic rings. The number of nitrogens with zero attached hydrogens (tertiary/aromatic N) is 2. The topological polar surface area (TPSA) is 41.3 Å². The molecule has 0 aromatic rings. The Morgan fingerprint density at radius 1 is 0.700 bits per heavy atom. The number of nitrogens with two attached hydrogens (primary N) is 1. The van der Waals surface area contributed by atoms with E-state index in [0.717, 1.165) is 16.4 Å². The molecule has 2 radical (unpaired) electrons. The number of unbranched alkanes of at least 4 members (excludes halogenated alkanes) is 2. The van der Waals surface area contributed by atoms with Gasteiger partial charge in [-0.1, -0.05) is 91.9 Å². The van der Waals surface area contributed by atoms with Gasteiger partial charge < -0.3 is 72.8 Å². The maximum atomic E-state index is 5.82. The quantitative estimate of drug-likeness (QED) is 0.0855. The number of rotatable bonds is 13. The minimum atomic E-state index is 0. The van der Waals surface area contributed by atoms with E-state index in [1.54, 1.807) is 0 Å². The second kappa shape index (κ2) is 29.2. The average Bonchev–Trinajstić information content (AvgIpc) is 2.82. The van der Waals surface area contributed by atoms with Crippen molar-refractivity contribution in [1.29, 1.82) is 0 Å². The van der Waals surface area contributed by atoms with Crippen LogP contribution in [-0.4, -0.2) is 48.8 Å². The molecule has 4 nitrogen and oxygen atoms in total. The number of halogens is 4. The molecule has 3 N–H and O–H groups in total. The number of nitrogens with one attached hydrogen (secondary N) is 1. The van der Waals surface area contributed by atoms with Gasteiger partial charge in [-0.2, -0.15) is 0 Å². The Bertz CT molecular complexity index is 534. The maximum absolute atomic E-state index is 5.82. The summed E-state index contributed by atoms with van der Waals surface area (Å²) >= 11 is 0. The summed E-state index contributed by atoms with van der Waals surface area (Å²) in [5, 5.41) is 0. The molecule has 0 spiro atoms. The van der Waals surface area contributed by atoms with Crippen LogP contribution in [-0.2, 0) is 34.1 Å². The van der Waals surface area contributed by atoms with E-state index in [2.05, 4.69) is 66.3 Å². The van der Waals surface area contributed by atoms with Crippen molar-refractivity contribution in [2.75, 3.05) is 28.2 Å². The first-order valence-corrected chi connectivity index (χ1v) is 15.1. The summed E-state index contributed by atoms with van der Waals surface area (Å²) in [6, 6.07) is 0. The van der Waals surface area contributed by atoms with Crippen molar-refractivity contribution >= 4 is 0 Å². The summed E-state index contributed by atoms with van der Waals surface area (Å²) in [5.74, 6) is 7.54. The van der Waals surface area contributed by atoms with E-state index >= 15 is 0 Å². The third-order valence-corrected chi connectivity index (χ3v) is 9.58. The van der Waals surface area contributed by atoms with Crippen molar-refractivity contribution in [2.24, 2.45) is 17.7 Å². The monoisotopic (exact) mass is 927 g/mol. The third kappa shape index (κ3) is 18.7.